The molecule has 0 saturated carbocycles. The minimum atomic E-state index is 0.595. The Bertz CT molecular complexity index is 181. The largest absolute Gasteiger partial charge is 0.0922 e. The molecule has 1 heteroatoms. The van der Waals surface area contributed by atoms with Crippen LogP contribution in [0.3, 0.4) is 0 Å². The van der Waals surface area contributed by atoms with Crippen LogP contribution in [-0.2, 0) is 0 Å². The summed E-state index contributed by atoms with van der Waals surface area (Å²) < 4.78 is 0. The van der Waals surface area contributed by atoms with Crippen LogP contribution in [0, 0.1) is 6.07 Å². The van der Waals surface area contributed by atoms with E-state index in [1.807, 2.05) is 18.2 Å². The van der Waals surface area contributed by atoms with Crippen LogP contribution in [0.4, 0.5) is 0 Å². The van der Waals surface area contributed by atoms with Gasteiger partial charge in [-0.25, -0.2) is 0 Å². The summed E-state index contributed by atoms with van der Waals surface area (Å²) in [5.74, 6) is 0.595. The lowest BCUT2D eigenvalue weighted by Gasteiger charge is -2.05. The van der Waals surface area contributed by atoms with E-state index in [-0.39, 0.29) is 0 Å². The highest BCUT2D eigenvalue weighted by molar-refractivity contribution is 9.09. The van der Waals surface area contributed by atoms with Crippen LogP contribution in [0.1, 0.15) is 18.4 Å². The number of halogens is 1. The van der Waals surface area contributed by atoms with Gasteiger partial charge in [0, 0.05) is 5.33 Å². The third-order valence-electron chi connectivity index (χ3n) is 1.53. The molecule has 0 bridgehead atoms. The van der Waals surface area contributed by atoms with Crippen molar-refractivity contribution in [3.8, 4) is 0 Å². The van der Waals surface area contributed by atoms with E-state index < -0.39 is 0 Å². The van der Waals surface area contributed by atoms with Gasteiger partial charge in [-0.15, -0.1) is 0 Å². The first-order chi connectivity index (χ1) is 4.84. The molecule has 0 aliphatic carbocycles. The number of hydrogen-bond acceptors (Lipinski definition) is 0. The first-order valence-electron chi connectivity index (χ1n) is 3.36. The molecule has 0 aliphatic heterocycles. The lowest BCUT2D eigenvalue weighted by Crippen LogP contribution is -1.92. The zero-order valence-corrected chi connectivity index (χ0v) is 7.56. The molecule has 0 N–H and O–H groups in total. The van der Waals surface area contributed by atoms with Gasteiger partial charge in [-0.1, -0.05) is 47.1 Å². The van der Waals surface area contributed by atoms with Crippen molar-refractivity contribution in [1.29, 1.82) is 0 Å². The number of hydrogen-bond donors (Lipinski definition) is 0. The Balaban J connectivity index is 2.75. The molecule has 1 aromatic carbocycles. The fourth-order valence-electron chi connectivity index (χ4n) is 0.803. The van der Waals surface area contributed by atoms with Crippen LogP contribution < -0.4 is 0 Å². The monoisotopic (exact) mass is 197 g/mol. The molecule has 1 unspecified atom stereocenters. The molecular formula is C9H10Br. The summed E-state index contributed by atoms with van der Waals surface area (Å²) in [6.45, 7) is 2.19. The number of alkyl halides is 1. The maximum Gasteiger partial charge on any atom is 0.00975 e. The predicted molar refractivity (Wildman–Crippen MR) is 47.5 cm³/mol. The Kier molecular flexibility index (Phi) is 2.94. The summed E-state index contributed by atoms with van der Waals surface area (Å²) in [5.41, 5.74) is 1.35. The molecule has 0 amide bonds. The fraction of sp³-hybridized carbons (Fsp3) is 0.333. The van der Waals surface area contributed by atoms with Crippen molar-refractivity contribution in [2.24, 2.45) is 0 Å². The van der Waals surface area contributed by atoms with E-state index in [4.69, 9.17) is 0 Å². The standard InChI is InChI=1S/C9H10Br/c1-8(7-10)9-5-3-2-4-6-9/h2-3,5-6,8H,7H2,1H3. The van der Waals surface area contributed by atoms with Gasteiger partial charge in [0.25, 0.3) is 0 Å². The van der Waals surface area contributed by atoms with E-state index in [0.717, 1.165) is 5.33 Å². The third-order valence-corrected chi connectivity index (χ3v) is 2.50. The Morgan fingerprint density at radius 2 is 2.50 bits per heavy atom. The van der Waals surface area contributed by atoms with Gasteiger partial charge >= 0.3 is 0 Å². The van der Waals surface area contributed by atoms with Gasteiger partial charge in [0.15, 0.2) is 0 Å². The Labute approximate surface area is 70.4 Å². The second-order valence-electron chi connectivity index (χ2n) is 2.39. The average Bonchev–Trinajstić information content (AvgIpc) is 2.05. The van der Waals surface area contributed by atoms with Gasteiger partial charge in [0.05, 0.1) is 0 Å². The van der Waals surface area contributed by atoms with Crippen LogP contribution in [0.25, 0.3) is 0 Å². The van der Waals surface area contributed by atoms with E-state index in [1.165, 1.54) is 5.56 Å². The van der Waals surface area contributed by atoms with Crippen LogP contribution >= 0.6 is 15.9 Å². The topological polar surface area (TPSA) is 0 Å². The van der Waals surface area contributed by atoms with Gasteiger partial charge in [0.2, 0.25) is 0 Å². The van der Waals surface area contributed by atoms with Gasteiger partial charge in [-0.2, -0.15) is 0 Å². The molecule has 0 saturated heterocycles. The first kappa shape index (κ1) is 7.80. The van der Waals surface area contributed by atoms with Gasteiger partial charge in [0.1, 0.15) is 0 Å². The molecule has 53 valence electrons. The fourth-order valence-corrected chi connectivity index (χ4v) is 1.18. The van der Waals surface area contributed by atoms with E-state index >= 15 is 0 Å². The second-order valence-corrected chi connectivity index (χ2v) is 3.04. The second kappa shape index (κ2) is 3.77. The molecule has 0 aromatic heterocycles. The molecule has 0 fully saturated rings. The molecule has 1 rings (SSSR count). The van der Waals surface area contributed by atoms with Crippen molar-refractivity contribution in [2.45, 2.75) is 12.8 Å². The molecule has 10 heavy (non-hydrogen) atoms. The Morgan fingerprint density at radius 3 is 3.00 bits per heavy atom. The van der Waals surface area contributed by atoms with Crippen molar-refractivity contribution in [2.75, 3.05) is 5.33 Å². The molecule has 0 heterocycles. The highest BCUT2D eigenvalue weighted by atomic mass is 79.9. The van der Waals surface area contributed by atoms with Gasteiger partial charge in [-0.3, -0.25) is 0 Å². The van der Waals surface area contributed by atoms with Crippen LogP contribution in [-0.4, -0.2) is 5.33 Å². The summed E-state index contributed by atoms with van der Waals surface area (Å²) in [4.78, 5) is 0. The summed E-state index contributed by atoms with van der Waals surface area (Å²) in [6, 6.07) is 11.2. The highest BCUT2D eigenvalue weighted by Gasteiger charge is 2.00. The molecular weight excluding hydrogens is 188 g/mol. The zero-order valence-electron chi connectivity index (χ0n) is 5.97. The van der Waals surface area contributed by atoms with Gasteiger partial charge in [-0.05, 0) is 17.5 Å². The van der Waals surface area contributed by atoms with Crippen LogP contribution in [0.15, 0.2) is 24.3 Å². The van der Waals surface area contributed by atoms with Crippen LogP contribution in [0.5, 0.6) is 0 Å². The summed E-state index contributed by atoms with van der Waals surface area (Å²) in [7, 11) is 0. The average molecular weight is 198 g/mol. The smallest absolute Gasteiger partial charge is 0.00975 e. The minimum Gasteiger partial charge on any atom is -0.0922 e. The SMILES string of the molecule is CC(CBr)c1c[c]ccc1. The number of rotatable bonds is 2. The summed E-state index contributed by atoms with van der Waals surface area (Å²) in [6.07, 6.45) is 0. The van der Waals surface area contributed by atoms with E-state index in [9.17, 15) is 0 Å². The zero-order chi connectivity index (χ0) is 7.40. The number of benzene rings is 1. The molecule has 0 nitrogen and oxygen atoms in total. The first-order valence-corrected chi connectivity index (χ1v) is 4.48. The molecule has 0 spiro atoms. The lowest BCUT2D eigenvalue weighted by molar-refractivity contribution is 0.888. The quantitative estimate of drug-likeness (QED) is 0.641. The normalized spacial score (nSPS) is 13.0. The minimum absolute atomic E-state index is 0.595. The van der Waals surface area contributed by atoms with E-state index in [2.05, 4.69) is 35.0 Å². The predicted octanol–water partition coefficient (Wildman–Crippen LogP) is 2.99. The Hall–Kier alpha value is -0.300. The van der Waals surface area contributed by atoms with Crippen LogP contribution in [0.2, 0.25) is 0 Å². The summed E-state index contributed by atoms with van der Waals surface area (Å²) in [5, 5.41) is 1.02. The summed E-state index contributed by atoms with van der Waals surface area (Å²) >= 11 is 3.44. The van der Waals surface area contributed by atoms with E-state index in [1.54, 1.807) is 0 Å². The van der Waals surface area contributed by atoms with Crippen molar-refractivity contribution in [3.05, 3.63) is 35.9 Å². The maximum absolute atomic E-state index is 3.44. The maximum atomic E-state index is 3.44. The molecule has 1 radical (unpaired) electrons. The van der Waals surface area contributed by atoms with Crippen molar-refractivity contribution >= 4 is 15.9 Å². The van der Waals surface area contributed by atoms with Crippen molar-refractivity contribution in [3.63, 3.8) is 0 Å². The third kappa shape index (κ3) is 1.84. The van der Waals surface area contributed by atoms with Crippen molar-refractivity contribution in [1.82, 2.24) is 0 Å². The lowest BCUT2D eigenvalue weighted by atomic mass is 10.0. The highest BCUT2D eigenvalue weighted by Crippen LogP contribution is 2.15. The Morgan fingerprint density at radius 1 is 1.70 bits per heavy atom. The van der Waals surface area contributed by atoms with Crippen molar-refractivity contribution < 1.29 is 0 Å². The molecule has 0 aliphatic rings. The molecule has 1 atom stereocenters. The van der Waals surface area contributed by atoms with Gasteiger partial charge < -0.3 is 0 Å². The van der Waals surface area contributed by atoms with E-state index in [0.29, 0.717) is 5.92 Å². The molecule has 1 aromatic rings.